The van der Waals surface area contributed by atoms with Gasteiger partial charge >= 0.3 is 0 Å². The molecule has 1 heterocycles. The van der Waals surface area contributed by atoms with Gasteiger partial charge in [0.1, 0.15) is 12.7 Å². The van der Waals surface area contributed by atoms with Gasteiger partial charge < -0.3 is 19.7 Å². The third-order valence-electron chi connectivity index (χ3n) is 1.72. The molecule has 0 aromatic carbocycles. The molecule has 1 rings (SSSR count). The van der Waals surface area contributed by atoms with Crippen LogP contribution in [0.2, 0.25) is 0 Å². The Morgan fingerprint density at radius 1 is 1.67 bits per heavy atom. The van der Waals surface area contributed by atoms with Gasteiger partial charge in [0, 0.05) is 6.42 Å². The third kappa shape index (κ3) is 2.19. The average molecular weight is 172 g/mol. The average Bonchev–Trinajstić information content (AvgIpc) is 2.43. The van der Waals surface area contributed by atoms with Gasteiger partial charge in [-0.2, -0.15) is 0 Å². The molecule has 4 nitrogen and oxygen atoms in total. The monoisotopic (exact) mass is 172 g/mol. The van der Waals surface area contributed by atoms with Crippen LogP contribution in [0.4, 0.5) is 0 Å². The van der Waals surface area contributed by atoms with Crippen molar-refractivity contribution in [1.82, 2.24) is 0 Å². The highest BCUT2D eigenvalue weighted by atomic mass is 16.7. The van der Waals surface area contributed by atoms with E-state index in [4.69, 9.17) is 21.0 Å². The molecule has 0 saturated carbocycles. The van der Waals surface area contributed by atoms with E-state index in [0.717, 1.165) is 0 Å². The van der Waals surface area contributed by atoms with Crippen molar-refractivity contribution < 1.29 is 19.7 Å². The van der Waals surface area contributed by atoms with Gasteiger partial charge in [0.2, 0.25) is 0 Å². The Bertz CT molecular complexity index is 174. The molecule has 2 unspecified atom stereocenters. The van der Waals surface area contributed by atoms with Crippen LogP contribution in [0.3, 0.4) is 0 Å². The SMILES string of the molecule is C#CCOC1CC(O)[C@@H](CO)O1. The van der Waals surface area contributed by atoms with Gasteiger partial charge in [0.15, 0.2) is 6.29 Å². The summed E-state index contributed by atoms with van der Waals surface area (Å²) in [6.07, 6.45) is 3.67. The molecule has 0 radical (unpaired) electrons. The zero-order valence-corrected chi connectivity index (χ0v) is 6.64. The van der Waals surface area contributed by atoms with E-state index in [1.807, 2.05) is 0 Å². The highest BCUT2D eigenvalue weighted by molar-refractivity contribution is 4.84. The Balaban J connectivity index is 2.29. The minimum absolute atomic E-state index is 0.162. The summed E-state index contributed by atoms with van der Waals surface area (Å²) in [6, 6.07) is 0. The summed E-state index contributed by atoms with van der Waals surface area (Å²) in [5, 5.41) is 17.9. The van der Waals surface area contributed by atoms with E-state index in [0.29, 0.717) is 6.42 Å². The van der Waals surface area contributed by atoms with Crippen molar-refractivity contribution in [3.8, 4) is 12.3 Å². The molecule has 3 atom stereocenters. The fourth-order valence-corrected chi connectivity index (χ4v) is 1.10. The fourth-order valence-electron chi connectivity index (χ4n) is 1.10. The van der Waals surface area contributed by atoms with E-state index >= 15 is 0 Å². The highest BCUT2D eigenvalue weighted by Gasteiger charge is 2.33. The second kappa shape index (κ2) is 4.43. The molecular formula is C8H12O4. The second-order valence-electron chi connectivity index (χ2n) is 2.60. The lowest BCUT2D eigenvalue weighted by Crippen LogP contribution is -2.24. The number of aliphatic hydroxyl groups excluding tert-OH is 2. The standard InChI is InChI=1S/C8H12O4/c1-2-3-11-8-4-6(10)7(5-9)12-8/h1,6-10H,3-5H2/t6?,7-,8?/m1/s1. The van der Waals surface area contributed by atoms with E-state index in [9.17, 15) is 5.11 Å². The number of aliphatic hydroxyl groups is 2. The summed E-state index contributed by atoms with van der Waals surface area (Å²) in [5.41, 5.74) is 0. The van der Waals surface area contributed by atoms with Gasteiger partial charge in [-0.05, 0) is 0 Å². The fraction of sp³-hybridized carbons (Fsp3) is 0.750. The largest absolute Gasteiger partial charge is 0.394 e. The lowest BCUT2D eigenvalue weighted by Gasteiger charge is -2.10. The number of terminal acetylenes is 1. The molecule has 2 N–H and O–H groups in total. The molecule has 68 valence electrons. The van der Waals surface area contributed by atoms with Crippen LogP contribution in [-0.4, -0.2) is 41.9 Å². The van der Waals surface area contributed by atoms with Crippen molar-refractivity contribution >= 4 is 0 Å². The Morgan fingerprint density at radius 3 is 2.92 bits per heavy atom. The normalized spacial score (nSPS) is 34.9. The molecule has 12 heavy (non-hydrogen) atoms. The Labute approximate surface area is 71.1 Å². The quantitative estimate of drug-likeness (QED) is 0.542. The van der Waals surface area contributed by atoms with Crippen molar-refractivity contribution in [2.75, 3.05) is 13.2 Å². The number of hydrogen-bond acceptors (Lipinski definition) is 4. The molecule has 1 aliphatic rings. The van der Waals surface area contributed by atoms with Gasteiger partial charge in [0.05, 0.1) is 12.7 Å². The van der Waals surface area contributed by atoms with Crippen LogP contribution >= 0.6 is 0 Å². The van der Waals surface area contributed by atoms with Crippen LogP contribution in [0.15, 0.2) is 0 Å². The molecule has 1 fully saturated rings. The molecule has 1 aliphatic heterocycles. The second-order valence-corrected chi connectivity index (χ2v) is 2.60. The summed E-state index contributed by atoms with van der Waals surface area (Å²) in [7, 11) is 0. The predicted molar refractivity (Wildman–Crippen MR) is 41.2 cm³/mol. The van der Waals surface area contributed by atoms with Crippen LogP contribution in [0.1, 0.15) is 6.42 Å². The van der Waals surface area contributed by atoms with E-state index in [-0.39, 0.29) is 13.2 Å². The highest BCUT2D eigenvalue weighted by Crippen LogP contribution is 2.20. The van der Waals surface area contributed by atoms with Gasteiger partial charge in [-0.15, -0.1) is 6.42 Å². The predicted octanol–water partition coefficient (Wildman–Crippen LogP) is -0.896. The lowest BCUT2D eigenvalue weighted by atomic mass is 10.2. The molecule has 0 aromatic heterocycles. The maximum atomic E-state index is 9.24. The first-order valence-electron chi connectivity index (χ1n) is 3.77. The first-order chi connectivity index (χ1) is 5.77. The van der Waals surface area contributed by atoms with Crippen molar-refractivity contribution in [3.63, 3.8) is 0 Å². The summed E-state index contributed by atoms with van der Waals surface area (Å²) in [4.78, 5) is 0. The van der Waals surface area contributed by atoms with Crippen molar-refractivity contribution in [1.29, 1.82) is 0 Å². The maximum Gasteiger partial charge on any atom is 0.162 e. The van der Waals surface area contributed by atoms with Crippen molar-refractivity contribution in [3.05, 3.63) is 0 Å². The number of ether oxygens (including phenoxy) is 2. The third-order valence-corrected chi connectivity index (χ3v) is 1.72. The lowest BCUT2D eigenvalue weighted by molar-refractivity contribution is -0.135. The van der Waals surface area contributed by atoms with Crippen molar-refractivity contribution in [2.24, 2.45) is 0 Å². The number of hydrogen-bond donors (Lipinski definition) is 2. The Morgan fingerprint density at radius 2 is 2.42 bits per heavy atom. The zero-order valence-electron chi connectivity index (χ0n) is 6.64. The van der Waals surface area contributed by atoms with E-state index in [1.165, 1.54) is 0 Å². The molecule has 0 amide bonds. The van der Waals surface area contributed by atoms with E-state index < -0.39 is 18.5 Å². The minimum atomic E-state index is -0.655. The maximum absolute atomic E-state index is 9.24. The molecule has 0 aliphatic carbocycles. The van der Waals surface area contributed by atoms with Crippen LogP contribution in [0.25, 0.3) is 0 Å². The Hall–Kier alpha value is -0.600. The minimum Gasteiger partial charge on any atom is -0.394 e. The summed E-state index contributed by atoms with van der Waals surface area (Å²) < 4.78 is 10.1. The smallest absolute Gasteiger partial charge is 0.162 e. The molecule has 0 bridgehead atoms. The molecule has 0 spiro atoms. The van der Waals surface area contributed by atoms with Gasteiger partial charge in [-0.3, -0.25) is 0 Å². The first-order valence-corrected chi connectivity index (χ1v) is 3.77. The Kier molecular flexibility index (Phi) is 3.50. The summed E-state index contributed by atoms with van der Waals surface area (Å²) in [5.74, 6) is 2.30. The summed E-state index contributed by atoms with van der Waals surface area (Å²) >= 11 is 0. The van der Waals surface area contributed by atoms with Gasteiger partial charge in [0.25, 0.3) is 0 Å². The first kappa shape index (κ1) is 9.49. The topological polar surface area (TPSA) is 58.9 Å². The zero-order chi connectivity index (χ0) is 8.97. The van der Waals surface area contributed by atoms with Gasteiger partial charge in [-0.1, -0.05) is 5.92 Å². The van der Waals surface area contributed by atoms with Crippen LogP contribution < -0.4 is 0 Å². The van der Waals surface area contributed by atoms with E-state index in [2.05, 4.69) is 5.92 Å². The molecule has 1 saturated heterocycles. The molecule has 0 aromatic rings. The summed E-state index contributed by atoms with van der Waals surface area (Å²) in [6.45, 7) is -0.0351. The van der Waals surface area contributed by atoms with Crippen LogP contribution in [0, 0.1) is 12.3 Å². The molecular weight excluding hydrogens is 160 g/mol. The van der Waals surface area contributed by atoms with Crippen molar-refractivity contribution in [2.45, 2.75) is 24.9 Å². The van der Waals surface area contributed by atoms with Crippen LogP contribution in [0.5, 0.6) is 0 Å². The molecule has 4 heteroatoms. The van der Waals surface area contributed by atoms with Gasteiger partial charge in [-0.25, -0.2) is 0 Å². The van der Waals surface area contributed by atoms with Crippen LogP contribution in [-0.2, 0) is 9.47 Å². The number of rotatable bonds is 3. The van der Waals surface area contributed by atoms with E-state index in [1.54, 1.807) is 0 Å².